The van der Waals surface area contributed by atoms with Crippen molar-refractivity contribution in [2.24, 2.45) is 5.73 Å². The van der Waals surface area contributed by atoms with Crippen molar-refractivity contribution in [1.29, 1.82) is 0 Å². The first-order valence-electron chi connectivity index (χ1n) is 6.64. The molecule has 21 heavy (non-hydrogen) atoms. The Hall–Kier alpha value is -2.64. The van der Waals surface area contributed by atoms with Crippen LogP contribution in [-0.2, 0) is 0 Å². The average Bonchev–Trinajstić information content (AvgIpc) is 2.44. The number of amides is 1. The molecule has 3 N–H and O–H groups in total. The Morgan fingerprint density at radius 1 is 1.29 bits per heavy atom. The second-order valence-electron chi connectivity index (χ2n) is 4.71. The van der Waals surface area contributed by atoms with Crippen LogP contribution >= 0.6 is 0 Å². The van der Waals surface area contributed by atoms with Gasteiger partial charge in [0.25, 0.3) is 5.91 Å². The van der Waals surface area contributed by atoms with E-state index >= 15 is 0 Å². The van der Waals surface area contributed by atoms with Crippen LogP contribution in [0.2, 0.25) is 0 Å². The Balaban J connectivity index is 2.23. The molecule has 0 aliphatic heterocycles. The molecule has 0 saturated heterocycles. The van der Waals surface area contributed by atoms with Gasteiger partial charge in [-0.2, -0.15) is 0 Å². The second kappa shape index (κ2) is 6.69. The SMILES string of the molecule is Cc1cc(C#CCN)cc(NC(=O)c2cccc(C)n2)c1. The second-order valence-corrected chi connectivity index (χ2v) is 4.71. The molecule has 4 heteroatoms. The number of nitrogens with one attached hydrogen (secondary N) is 1. The fourth-order valence-corrected chi connectivity index (χ4v) is 1.95. The van der Waals surface area contributed by atoms with Gasteiger partial charge >= 0.3 is 0 Å². The van der Waals surface area contributed by atoms with Crippen molar-refractivity contribution in [3.63, 3.8) is 0 Å². The Labute approximate surface area is 124 Å². The molecule has 2 aromatic rings. The topological polar surface area (TPSA) is 68.0 Å². The van der Waals surface area contributed by atoms with Gasteiger partial charge < -0.3 is 11.1 Å². The predicted molar refractivity (Wildman–Crippen MR) is 84.0 cm³/mol. The van der Waals surface area contributed by atoms with E-state index in [1.54, 1.807) is 6.07 Å². The predicted octanol–water partition coefficient (Wildman–Crippen LogP) is 2.26. The quantitative estimate of drug-likeness (QED) is 0.829. The van der Waals surface area contributed by atoms with Gasteiger partial charge in [-0.05, 0) is 49.7 Å². The average molecular weight is 279 g/mol. The summed E-state index contributed by atoms with van der Waals surface area (Å²) in [7, 11) is 0. The third-order valence-corrected chi connectivity index (χ3v) is 2.79. The van der Waals surface area contributed by atoms with Crippen LogP contribution in [-0.4, -0.2) is 17.4 Å². The Morgan fingerprint density at radius 2 is 2.10 bits per heavy atom. The highest BCUT2D eigenvalue weighted by atomic mass is 16.1. The molecule has 1 aromatic carbocycles. The summed E-state index contributed by atoms with van der Waals surface area (Å²) in [6.45, 7) is 4.11. The molecule has 0 unspecified atom stereocenters. The molecule has 106 valence electrons. The lowest BCUT2D eigenvalue weighted by molar-refractivity contribution is 0.102. The first kappa shape index (κ1) is 14.8. The molecule has 1 heterocycles. The maximum atomic E-state index is 12.2. The van der Waals surface area contributed by atoms with Crippen molar-refractivity contribution in [2.45, 2.75) is 13.8 Å². The zero-order chi connectivity index (χ0) is 15.2. The lowest BCUT2D eigenvalue weighted by Crippen LogP contribution is -2.14. The standard InChI is InChI=1S/C17H17N3O/c1-12-9-14(6-4-8-18)11-15(10-12)20-17(21)16-7-3-5-13(2)19-16/h3,5,7,9-11H,8,18H2,1-2H3,(H,20,21). The molecule has 0 radical (unpaired) electrons. The number of aryl methyl sites for hydroxylation is 2. The minimum absolute atomic E-state index is 0.234. The largest absolute Gasteiger partial charge is 0.321 e. The summed E-state index contributed by atoms with van der Waals surface area (Å²) in [6, 6.07) is 11.0. The van der Waals surface area contributed by atoms with Gasteiger partial charge in [0, 0.05) is 16.9 Å². The highest BCUT2D eigenvalue weighted by Crippen LogP contribution is 2.15. The van der Waals surface area contributed by atoms with Gasteiger partial charge in [-0.1, -0.05) is 17.9 Å². The van der Waals surface area contributed by atoms with E-state index in [4.69, 9.17) is 5.73 Å². The van der Waals surface area contributed by atoms with E-state index in [0.29, 0.717) is 17.9 Å². The number of nitrogens with zero attached hydrogens (tertiary/aromatic N) is 1. The van der Waals surface area contributed by atoms with Crippen LogP contribution in [0.1, 0.15) is 27.3 Å². The van der Waals surface area contributed by atoms with Crippen molar-refractivity contribution in [3.05, 3.63) is 58.9 Å². The van der Waals surface area contributed by atoms with Crippen molar-refractivity contribution in [1.82, 2.24) is 4.98 Å². The molecule has 1 amide bonds. The molecule has 4 nitrogen and oxygen atoms in total. The smallest absolute Gasteiger partial charge is 0.274 e. The normalized spacial score (nSPS) is 9.67. The summed E-state index contributed by atoms with van der Waals surface area (Å²) in [6.07, 6.45) is 0. The molecule has 0 saturated carbocycles. The molecule has 0 bridgehead atoms. The van der Waals surface area contributed by atoms with Gasteiger partial charge in [-0.15, -0.1) is 0 Å². The Morgan fingerprint density at radius 3 is 2.81 bits per heavy atom. The van der Waals surface area contributed by atoms with E-state index in [9.17, 15) is 4.79 Å². The molecule has 1 aromatic heterocycles. The third kappa shape index (κ3) is 4.16. The first-order valence-corrected chi connectivity index (χ1v) is 6.64. The summed E-state index contributed by atoms with van der Waals surface area (Å²) < 4.78 is 0. The lowest BCUT2D eigenvalue weighted by Gasteiger charge is -2.07. The van der Waals surface area contributed by atoms with Crippen LogP contribution in [0, 0.1) is 25.7 Å². The van der Waals surface area contributed by atoms with Crippen LogP contribution in [0.4, 0.5) is 5.69 Å². The van der Waals surface area contributed by atoms with Crippen LogP contribution in [0.3, 0.4) is 0 Å². The van der Waals surface area contributed by atoms with Gasteiger partial charge in [0.1, 0.15) is 5.69 Å². The Kier molecular flexibility index (Phi) is 4.70. The first-order chi connectivity index (χ1) is 10.1. The number of benzene rings is 1. The molecular formula is C17H17N3O. The van der Waals surface area contributed by atoms with Crippen molar-refractivity contribution in [2.75, 3.05) is 11.9 Å². The molecule has 0 spiro atoms. The van der Waals surface area contributed by atoms with E-state index in [1.165, 1.54) is 0 Å². The molecular weight excluding hydrogens is 262 g/mol. The zero-order valence-electron chi connectivity index (χ0n) is 12.1. The van der Waals surface area contributed by atoms with Gasteiger partial charge in [-0.25, -0.2) is 4.98 Å². The number of carbonyl (C=O) groups excluding carboxylic acids is 1. The van der Waals surface area contributed by atoms with E-state index in [-0.39, 0.29) is 5.91 Å². The molecule has 0 aliphatic rings. The maximum Gasteiger partial charge on any atom is 0.274 e. The highest BCUT2D eigenvalue weighted by molar-refractivity contribution is 6.03. The third-order valence-electron chi connectivity index (χ3n) is 2.79. The number of rotatable bonds is 2. The summed E-state index contributed by atoms with van der Waals surface area (Å²) >= 11 is 0. The Bertz CT molecular complexity index is 726. The van der Waals surface area contributed by atoms with E-state index in [2.05, 4.69) is 22.1 Å². The number of nitrogens with two attached hydrogens (primary N) is 1. The summed E-state index contributed by atoms with van der Waals surface area (Å²) in [5, 5.41) is 2.84. The minimum atomic E-state index is -0.234. The molecule has 0 fully saturated rings. The number of anilines is 1. The summed E-state index contributed by atoms with van der Waals surface area (Å²) in [5.41, 5.74) is 9.12. The van der Waals surface area contributed by atoms with Gasteiger partial charge in [0.15, 0.2) is 0 Å². The maximum absolute atomic E-state index is 12.2. The van der Waals surface area contributed by atoms with Gasteiger partial charge in [0.2, 0.25) is 0 Å². The molecule has 0 atom stereocenters. The zero-order valence-corrected chi connectivity index (χ0v) is 12.1. The molecule has 0 aliphatic carbocycles. The highest BCUT2D eigenvalue weighted by Gasteiger charge is 2.08. The number of hydrogen-bond donors (Lipinski definition) is 2. The monoisotopic (exact) mass is 279 g/mol. The van der Waals surface area contributed by atoms with E-state index < -0.39 is 0 Å². The van der Waals surface area contributed by atoms with Crippen LogP contribution in [0.25, 0.3) is 0 Å². The minimum Gasteiger partial charge on any atom is -0.321 e. The number of pyridine rings is 1. The number of aromatic nitrogens is 1. The van der Waals surface area contributed by atoms with Gasteiger partial charge in [-0.3, -0.25) is 4.79 Å². The van der Waals surface area contributed by atoms with Crippen LogP contribution in [0.15, 0.2) is 36.4 Å². The van der Waals surface area contributed by atoms with E-state index in [0.717, 1.165) is 16.8 Å². The van der Waals surface area contributed by atoms with Gasteiger partial charge in [0.05, 0.1) is 6.54 Å². The van der Waals surface area contributed by atoms with Crippen LogP contribution in [0.5, 0.6) is 0 Å². The van der Waals surface area contributed by atoms with Crippen LogP contribution < -0.4 is 11.1 Å². The summed E-state index contributed by atoms with van der Waals surface area (Å²) in [4.78, 5) is 16.4. The number of hydrogen-bond acceptors (Lipinski definition) is 3. The summed E-state index contributed by atoms with van der Waals surface area (Å²) in [5.74, 6) is 5.54. The number of carbonyl (C=O) groups is 1. The lowest BCUT2D eigenvalue weighted by atomic mass is 10.1. The van der Waals surface area contributed by atoms with Crippen molar-refractivity contribution < 1.29 is 4.79 Å². The van der Waals surface area contributed by atoms with Crippen molar-refractivity contribution in [3.8, 4) is 11.8 Å². The van der Waals surface area contributed by atoms with E-state index in [1.807, 2.05) is 44.2 Å². The fraction of sp³-hybridized carbons (Fsp3) is 0.176. The van der Waals surface area contributed by atoms with Crippen molar-refractivity contribution >= 4 is 11.6 Å². The molecule has 2 rings (SSSR count). The fourth-order valence-electron chi connectivity index (χ4n) is 1.95.